The van der Waals surface area contributed by atoms with Gasteiger partial charge < -0.3 is 5.32 Å². The second-order valence-electron chi connectivity index (χ2n) is 5.42. The van der Waals surface area contributed by atoms with Crippen LogP contribution in [0.5, 0.6) is 0 Å². The zero-order valence-corrected chi connectivity index (χ0v) is 11.7. The lowest BCUT2D eigenvalue weighted by Gasteiger charge is -2.31. The van der Waals surface area contributed by atoms with Gasteiger partial charge in [0.15, 0.2) is 5.17 Å². The van der Waals surface area contributed by atoms with Gasteiger partial charge in [-0.25, -0.2) is 0 Å². The molecule has 3 rings (SSSR count). The first kappa shape index (κ1) is 12.1. The molecule has 4 nitrogen and oxygen atoms in total. The zero-order chi connectivity index (χ0) is 12.4. The van der Waals surface area contributed by atoms with Crippen molar-refractivity contribution in [2.75, 3.05) is 12.3 Å². The van der Waals surface area contributed by atoms with E-state index in [9.17, 15) is 0 Å². The molecule has 2 aliphatic rings. The van der Waals surface area contributed by atoms with E-state index in [0.717, 1.165) is 18.3 Å². The van der Waals surface area contributed by atoms with Crippen LogP contribution in [-0.4, -0.2) is 27.2 Å². The maximum absolute atomic E-state index is 4.73. The van der Waals surface area contributed by atoms with Gasteiger partial charge in [-0.15, -0.1) is 0 Å². The Morgan fingerprint density at radius 1 is 1.44 bits per heavy atom. The van der Waals surface area contributed by atoms with E-state index in [2.05, 4.69) is 10.4 Å². The molecule has 18 heavy (non-hydrogen) atoms. The molecular weight excluding hydrogens is 244 g/mol. The maximum atomic E-state index is 4.73. The molecular formula is C13H20N4S. The van der Waals surface area contributed by atoms with Gasteiger partial charge in [0.25, 0.3) is 0 Å². The van der Waals surface area contributed by atoms with Crippen molar-refractivity contribution in [3.63, 3.8) is 0 Å². The lowest BCUT2D eigenvalue weighted by Crippen LogP contribution is -2.33. The van der Waals surface area contributed by atoms with Gasteiger partial charge >= 0.3 is 0 Å². The molecule has 0 atom stereocenters. The number of hydrogen-bond donors (Lipinski definition) is 1. The largest absolute Gasteiger partial charge is 0.359 e. The fourth-order valence-corrected chi connectivity index (χ4v) is 3.98. The van der Waals surface area contributed by atoms with Crippen LogP contribution in [0.1, 0.15) is 31.4 Å². The van der Waals surface area contributed by atoms with Crippen molar-refractivity contribution >= 4 is 16.9 Å². The lowest BCUT2D eigenvalue weighted by atomic mass is 9.89. The molecule has 0 aromatic carbocycles. The molecule has 0 amide bonds. The Labute approximate surface area is 112 Å². The number of nitrogens with zero attached hydrogens (tertiary/aromatic N) is 3. The first-order chi connectivity index (χ1) is 8.77. The minimum Gasteiger partial charge on any atom is -0.359 e. The molecule has 1 saturated carbocycles. The minimum absolute atomic E-state index is 0.530. The molecule has 1 fully saturated rings. The SMILES string of the molecule is Cn1nccc1CNC1=NCC2(CCCC2)CS1. The van der Waals surface area contributed by atoms with E-state index in [1.807, 2.05) is 35.8 Å². The fraction of sp³-hybridized carbons (Fsp3) is 0.692. The summed E-state index contributed by atoms with van der Waals surface area (Å²) in [4.78, 5) is 4.73. The first-order valence-corrected chi connectivity index (χ1v) is 7.64. The Kier molecular flexibility index (Phi) is 3.33. The van der Waals surface area contributed by atoms with E-state index >= 15 is 0 Å². The average molecular weight is 264 g/mol. The van der Waals surface area contributed by atoms with Crippen molar-refractivity contribution in [3.8, 4) is 0 Å². The third-order valence-corrected chi connectivity index (χ3v) is 5.38. The van der Waals surface area contributed by atoms with Gasteiger partial charge in [-0.3, -0.25) is 9.67 Å². The van der Waals surface area contributed by atoms with Gasteiger partial charge in [0.05, 0.1) is 12.2 Å². The molecule has 0 bridgehead atoms. The summed E-state index contributed by atoms with van der Waals surface area (Å²) in [6.45, 7) is 1.84. The Morgan fingerprint density at radius 2 is 2.28 bits per heavy atom. The Hall–Kier alpha value is -0.970. The number of hydrogen-bond acceptors (Lipinski definition) is 4. The van der Waals surface area contributed by atoms with Crippen molar-refractivity contribution < 1.29 is 0 Å². The summed E-state index contributed by atoms with van der Waals surface area (Å²) < 4.78 is 1.90. The number of aryl methyl sites for hydroxylation is 1. The normalized spacial score (nSPS) is 22.2. The summed E-state index contributed by atoms with van der Waals surface area (Å²) in [5.41, 5.74) is 1.72. The quantitative estimate of drug-likeness (QED) is 0.890. The highest BCUT2D eigenvalue weighted by molar-refractivity contribution is 8.13. The van der Waals surface area contributed by atoms with Crippen LogP contribution in [-0.2, 0) is 13.6 Å². The van der Waals surface area contributed by atoms with E-state index in [1.165, 1.54) is 37.1 Å². The van der Waals surface area contributed by atoms with Gasteiger partial charge in [-0.05, 0) is 24.3 Å². The third-order valence-electron chi connectivity index (χ3n) is 4.08. The first-order valence-electron chi connectivity index (χ1n) is 6.65. The van der Waals surface area contributed by atoms with E-state index in [4.69, 9.17) is 4.99 Å². The Morgan fingerprint density at radius 3 is 2.89 bits per heavy atom. The fourth-order valence-electron chi connectivity index (χ4n) is 2.83. The van der Waals surface area contributed by atoms with Gasteiger partial charge in [0.1, 0.15) is 0 Å². The molecule has 1 aliphatic heterocycles. The van der Waals surface area contributed by atoms with Gasteiger partial charge in [0.2, 0.25) is 0 Å². The molecule has 1 aromatic heterocycles. The lowest BCUT2D eigenvalue weighted by molar-refractivity contribution is 0.358. The predicted molar refractivity (Wildman–Crippen MR) is 75.7 cm³/mol. The van der Waals surface area contributed by atoms with Gasteiger partial charge in [0, 0.05) is 25.5 Å². The number of aliphatic imine (C=N–C) groups is 1. The summed E-state index contributed by atoms with van der Waals surface area (Å²) in [6, 6.07) is 2.04. The molecule has 1 aliphatic carbocycles. The number of rotatable bonds is 2. The molecule has 0 unspecified atom stereocenters. The van der Waals surface area contributed by atoms with Crippen molar-refractivity contribution in [1.29, 1.82) is 0 Å². The second kappa shape index (κ2) is 4.96. The number of amidine groups is 1. The number of nitrogens with one attached hydrogen (secondary N) is 1. The summed E-state index contributed by atoms with van der Waals surface area (Å²) in [5.74, 6) is 1.24. The van der Waals surface area contributed by atoms with Crippen LogP contribution in [0.15, 0.2) is 17.3 Å². The van der Waals surface area contributed by atoms with Crippen LogP contribution in [0.3, 0.4) is 0 Å². The molecule has 0 radical (unpaired) electrons. The summed E-state index contributed by atoms with van der Waals surface area (Å²) in [7, 11) is 1.97. The summed E-state index contributed by atoms with van der Waals surface area (Å²) >= 11 is 1.90. The highest BCUT2D eigenvalue weighted by atomic mass is 32.2. The third kappa shape index (κ3) is 2.41. The van der Waals surface area contributed by atoms with Crippen LogP contribution in [0.4, 0.5) is 0 Å². The molecule has 5 heteroatoms. The highest BCUT2D eigenvalue weighted by Gasteiger charge is 2.36. The monoisotopic (exact) mass is 264 g/mol. The Balaban J connectivity index is 1.55. The van der Waals surface area contributed by atoms with Crippen LogP contribution < -0.4 is 5.32 Å². The van der Waals surface area contributed by atoms with Crippen LogP contribution in [0.25, 0.3) is 0 Å². The van der Waals surface area contributed by atoms with Gasteiger partial charge in [-0.2, -0.15) is 5.10 Å². The second-order valence-corrected chi connectivity index (χ2v) is 6.38. The molecule has 2 heterocycles. The minimum atomic E-state index is 0.530. The van der Waals surface area contributed by atoms with Crippen molar-refractivity contribution in [2.45, 2.75) is 32.2 Å². The smallest absolute Gasteiger partial charge is 0.156 e. The standard InChI is InChI=1S/C13H20N4S/c1-17-11(4-7-16-17)8-14-12-15-9-13(10-18-12)5-2-3-6-13/h4,7H,2-3,5-6,8-10H2,1H3,(H,14,15). The zero-order valence-electron chi connectivity index (χ0n) is 10.9. The Bertz CT molecular complexity index is 446. The van der Waals surface area contributed by atoms with Crippen molar-refractivity contribution in [1.82, 2.24) is 15.1 Å². The predicted octanol–water partition coefficient (Wildman–Crippen LogP) is 2.17. The number of thioether (sulfide) groups is 1. The number of aromatic nitrogens is 2. The van der Waals surface area contributed by atoms with Crippen LogP contribution >= 0.6 is 11.8 Å². The van der Waals surface area contributed by atoms with Gasteiger partial charge in [-0.1, -0.05) is 24.6 Å². The van der Waals surface area contributed by atoms with Crippen molar-refractivity contribution in [3.05, 3.63) is 18.0 Å². The highest BCUT2D eigenvalue weighted by Crippen LogP contribution is 2.43. The molecule has 0 saturated heterocycles. The van der Waals surface area contributed by atoms with Crippen LogP contribution in [0.2, 0.25) is 0 Å². The van der Waals surface area contributed by atoms with Crippen LogP contribution in [0, 0.1) is 5.41 Å². The van der Waals surface area contributed by atoms with E-state index < -0.39 is 0 Å². The summed E-state index contributed by atoms with van der Waals surface area (Å²) in [6.07, 6.45) is 7.37. The van der Waals surface area contributed by atoms with E-state index in [1.54, 1.807) is 0 Å². The van der Waals surface area contributed by atoms with E-state index in [0.29, 0.717) is 5.41 Å². The molecule has 1 spiro atoms. The molecule has 1 aromatic rings. The summed E-state index contributed by atoms with van der Waals surface area (Å²) in [5, 5.41) is 8.70. The van der Waals surface area contributed by atoms with E-state index in [-0.39, 0.29) is 0 Å². The topological polar surface area (TPSA) is 42.2 Å². The molecule has 1 N–H and O–H groups in total. The maximum Gasteiger partial charge on any atom is 0.156 e. The average Bonchev–Trinajstić information content (AvgIpc) is 2.99. The van der Waals surface area contributed by atoms with Crippen molar-refractivity contribution in [2.24, 2.45) is 17.5 Å². The molecule has 98 valence electrons.